The van der Waals surface area contributed by atoms with E-state index in [0.29, 0.717) is 0 Å². The average Bonchev–Trinajstić information content (AvgIpc) is 2.48. The van der Waals surface area contributed by atoms with Crippen molar-refractivity contribution >= 4 is 17.6 Å². The maximum absolute atomic E-state index is 11.5. The molecule has 0 heterocycles. The molecule has 1 rings (SSSR count). The molecule has 0 saturated heterocycles. The Morgan fingerprint density at radius 2 is 1.83 bits per heavy atom. The average molecular weight is 341 g/mol. The number of carbonyl (C=O) groups excluding carboxylic acids is 2. The van der Waals surface area contributed by atoms with Gasteiger partial charge in [0.2, 0.25) is 5.75 Å². The van der Waals surface area contributed by atoms with Crippen molar-refractivity contribution in [2.24, 2.45) is 0 Å². The monoisotopic (exact) mass is 341 g/mol. The fraction of sp³-hybridized carbons (Fsp3) is 0.467. The first-order chi connectivity index (χ1) is 11.1. The fourth-order valence-electron chi connectivity index (χ4n) is 1.59. The highest BCUT2D eigenvalue weighted by atomic mass is 16.6. The van der Waals surface area contributed by atoms with Crippen LogP contribution < -0.4 is 9.47 Å². The van der Waals surface area contributed by atoms with Crippen LogP contribution in [0.2, 0.25) is 0 Å². The molecule has 0 radical (unpaired) electrons. The molecule has 0 aromatic heterocycles. The molecule has 0 saturated carbocycles. The van der Waals surface area contributed by atoms with Crippen molar-refractivity contribution in [3.63, 3.8) is 0 Å². The Balaban J connectivity index is 2.50. The first-order valence-corrected chi connectivity index (χ1v) is 6.95. The van der Waals surface area contributed by atoms with Gasteiger partial charge < -0.3 is 18.9 Å². The van der Waals surface area contributed by atoms with Crippen molar-refractivity contribution < 1.29 is 33.5 Å². The summed E-state index contributed by atoms with van der Waals surface area (Å²) in [5.74, 6) is -1.27. The minimum Gasteiger partial charge on any atom is -0.490 e. The molecule has 0 unspecified atom stereocenters. The van der Waals surface area contributed by atoms with Gasteiger partial charge in [-0.25, -0.2) is 9.59 Å². The van der Waals surface area contributed by atoms with E-state index in [1.165, 1.54) is 25.3 Å². The summed E-state index contributed by atoms with van der Waals surface area (Å²) in [4.78, 5) is 33.1. The molecule has 0 aliphatic carbocycles. The number of methoxy groups -OCH3 is 1. The van der Waals surface area contributed by atoms with E-state index < -0.39 is 35.7 Å². The predicted octanol–water partition coefficient (Wildman–Crippen LogP) is 1.87. The van der Waals surface area contributed by atoms with E-state index in [-0.39, 0.29) is 17.2 Å². The van der Waals surface area contributed by atoms with E-state index in [4.69, 9.17) is 18.9 Å². The van der Waals surface area contributed by atoms with Crippen molar-refractivity contribution in [2.45, 2.75) is 26.4 Å². The fourth-order valence-corrected chi connectivity index (χ4v) is 1.59. The van der Waals surface area contributed by atoms with Crippen molar-refractivity contribution in [1.82, 2.24) is 0 Å². The quantitative estimate of drug-likeness (QED) is 0.419. The van der Waals surface area contributed by atoms with Crippen LogP contribution in [0, 0.1) is 10.1 Å². The molecule has 0 amide bonds. The lowest BCUT2D eigenvalue weighted by molar-refractivity contribution is -0.385. The van der Waals surface area contributed by atoms with Crippen LogP contribution in [0.15, 0.2) is 18.2 Å². The lowest BCUT2D eigenvalue weighted by Crippen LogP contribution is -2.28. The van der Waals surface area contributed by atoms with Crippen LogP contribution in [-0.4, -0.2) is 42.8 Å². The van der Waals surface area contributed by atoms with Gasteiger partial charge in [-0.2, -0.15) is 0 Å². The molecule has 0 atom stereocenters. The zero-order valence-electron chi connectivity index (χ0n) is 13.9. The Hall–Kier alpha value is -2.84. The second-order valence-electron chi connectivity index (χ2n) is 5.63. The summed E-state index contributed by atoms with van der Waals surface area (Å²) in [6.07, 6.45) is 0. The van der Waals surface area contributed by atoms with Gasteiger partial charge in [0, 0.05) is 12.1 Å². The Labute approximate surface area is 138 Å². The number of carbonyl (C=O) groups is 2. The molecule has 1 aromatic rings. The van der Waals surface area contributed by atoms with Crippen LogP contribution in [0.5, 0.6) is 11.5 Å². The third kappa shape index (κ3) is 6.51. The van der Waals surface area contributed by atoms with Gasteiger partial charge >= 0.3 is 17.6 Å². The van der Waals surface area contributed by atoms with Crippen molar-refractivity contribution in [2.75, 3.05) is 20.3 Å². The highest BCUT2D eigenvalue weighted by Crippen LogP contribution is 2.30. The number of esters is 2. The van der Waals surface area contributed by atoms with Gasteiger partial charge in [0.05, 0.1) is 12.0 Å². The third-order valence-corrected chi connectivity index (χ3v) is 2.48. The molecule has 0 aliphatic rings. The normalized spacial score (nSPS) is 10.7. The first kappa shape index (κ1) is 19.2. The maximum Gasteiger partial charge on any atom is 0.344 e. The standard InChI is InChI=1S/C15H19NO8/c1-15(2,3)24-14(18)9-23-13(17)8-22-10-5-6-11(16(19)20)12(7-10)21-4/h5-7H,8-9H2,1-4H3. The van der Waals surface area contributed by atoms with Gasteiger partial charge in [-0.15, -0.1) is 0 Å². The minimum atomic E-state index is -0.779. The summed E-state index contributed by atoms with van der Waals surface area (Å²) < 4.78 is 19.7. The van der Waals surface area contributed by atoms with E-state index in [9.17, 15) is 19.7 Å². The smallest absolute Gasteiger partial charge is 0.344 e. The number of nitro groups is 1. The molecule has 9 heteroatoms. The van der Waals surface area contributed by atoms with Crippen molar-refractivity contribution in [3.05, 3.63) is 28.3 Å². The summed E-state index contributed by atoms with van der Waals surface area (Å²) in [6.45, 7) is 4.08. The molecule has 0 spiro atoms. The van der Waals surface area contributed by atoms with Gasteiger partial charge in [-0.1, -0.05) is 0 Å². The molecule has 0 bridgehead atoms. The predicted molar refractivity (Wildman–Crippen MR) is 81.9 cm³/mol. The Morgan fingerprint density at radius 3 is 2.38 bits per heavy atom. The summed E-state index contributed by atoms with van der Waals surface area (Å²) >= 11 is 0. The van der Waals surface area contributed by atoms with Crippen LogP contribution in [0.3, 0.4) is 0 Å². The zero-order valence-corrected chi connectivity index (χ0v) is 13.9. The number of hydrogen-bond donors (Lipinski definition) is 0. The molecule has 24 heavy (non-hydrogen) atoms. The number of nitro benzene ring substituents is 1. The largest absolute Gasteiger partial charge is 0.490 e. The SMILES string of the molecule is COc1cc(OCC(=O)OCC(=O)OC(C)(C)C)ccc1[N+](=O)[O-]. The highest BCUT2D eigenvalue weighted by molar-refractivity contribution is 5.77. The Bertz CT molecular complexity index is 620. The van der Waals surface area contributed by atoms with Gasteiger partial charge in [0.15, 0.2) is 13.2 Å². The number of rotatable bonds is 7. The number of benzene rings is 1. The van der Waals surface area contributed by atoms with Crippen LogP contribution in [0.25, 0.3) is 0 Å². The van der Waals surface area contributed by atoms with E-state index >= 15 is 0 Å². The van der Waals surface area contributed by atoms with Crippen molar-refractivity contribution in [3.8, 4) is 11.5 Å². The number of nitrogens with zero attached hydrogens (tertiary/aromatic N) is 1. The van der Waals surface area contributed by atoms with Crippen molar-refractivity contribution in [1.29, 1.82) is 0 Å². The van der Waals surface area contributed by atoms with E-state index in [2.05, 4.69) is 0 Å². The molecule has 1 aromatic carbocycles. The first-order valence-electron chi connectivity index (χ1n) is 6.95. The Kier molecular flexibility index (Phi) is 6.51. The number of hydrogen-bond acceptors (Lipinski definition) is 8. The van der Waals surface area contributed by atoms with Crippen LogP contribution in [0.4, 0.5) is 5.69 Å². The van der Waals surface area contributed by atoms with Crippen LogP contribution in [-0.2, 0) is 19.1 Å². The second-order valence-corrected chi connectivity index (χ2v) is 5.63. The number of ether oxygens (including phenoxy) is 4. The Morgan fingerprint density at radius 1 is 1.17 bits per heavy atom. The summed E-state index contributed by atoms with van der Waals surface area (Å²) in [5.41, 5.74) is -0.896. The summed E-state index contributed by atoms with van der Waals surface area (Å²) in [6, 6.07) is 3.79. The molecule has 9 nitrogen and oxygen atoms in total. The summed E-state index contributed by atoms with van der Waals surface area (Å²) in [7, 11) is 1.28. The highest BCUT2D eigenvalue weighted by Gasteiger charge is 2.18. The molecule has 0 fully saturated rings. The molecule has 0 aliphatic heterocycles. The van der Waals surface area contributed by atoms with Gasteiger partial charge in [-0.05, 0) is 26.8 Å². The topological polar surface area (TPSA) is 114 Å². The lowest BCUT2D eigenvalue weighted by Gasteiger charge is -2.19. The third-order valence-electron chi connectivity index (χ3n) is 2.48. The van der Waals surface area contributed by atoms with Gasteiger partial charge in [0.1, 0.15) is 11.4 Å². The molecular weight excluding hydrogens is 322 g/mol. The van der Waals surface area contributed by atoms with Gasteiger partial charge in [-0.3, -0.25) is 10.1 Å². The molecule has 132 valence electrons. The molecular formula is C15H19NO8. The van der Waals surface area contributed by atoms with Crippen LogP contribution in [0.1, 0.15) is 20.8 Å². The second kappa shape index (κ2) is 8.14. The lowest BCUT2D eigenvalue weighted by atomic mass is 10.2. The van der Waals surface area contributed by atoms with E-state index in [1.54, 1.807) is 20.8 Å². The maximum atomic E-state index is 11.5. The van der Waals surface area contributed by atoms with E-state index in [1.807, 2.05) is 0 Å². The van der Waals surface area contributed by atoms with Crippen LogP contribution >= 0.6 is 0 Å². The minimum absolute atomic E-state index is 0.000350. The zero-order chi connectivity index (χ0) is 18.3. The van der Waals surface area contributed by atoms with E-state index in [0.717, 1.165) is 0 Å². The molecule has 0 N–H and O–H groups in total. The van der Waals surface area contributed by atoms with Gasteiger partial charge in [0.25, 0.3) is 0 Å². The summed E-state index contributed by atoms with van der Waals surface area (Å²) in [5, 5.41) is 10.8.